The quantitative estimate of drug-likeness (QED) is 0.223. The smallest absolute Gasteiger partial charge is 0.414 e. The molecule has 2 saturated heterocycles. The summed E-state index contributed by atoms with van der Waals surface area (Å²) in [6.07, 6.45) is 1.93. The Balaban J connectivity index is 1.21. The van der Waals surface area contributed by atoms with Crippen molar-refractivity contribution in [2.24, 2.45) is 5.73 Å². The average molecular weight is 587 g/mol. The zero-order valence-corrected chi connectivity index (χ0v) is 24.2. The molecular formula is C29H39FN6O4S. The van der Waals surface area contributed by atoms with E-state index in [-0.39, 0.29) is 29.8 Å². The second-order valence-corrected chi connectivity index (χ2v) is 10.9. The normalized spacial score (nSPS) is 17.9. The first kappa shape index (κ1) is 30.6. The molecule has 0 aromatic heterocycles. The summed E-state index contributed by atoms with van der Waals surface area (Å²) >= 11 is 4.40. The lowest BCUT2D eigenvalue weighted by molar-refractivity contribution is -0.131. The summed E-state index contributed by atoms with van der Waals surface area (Å²) in [4.78, 5) is 41.7. The molecule has 4 N–H and O–H groups in total. The number of ether oxygens (including phenoxy) is 1. The van der Waals surface area contributed by atoms with Crippen LogP contribution in [0.15, 0.2) is 42.5 Å². The van der Waals surface area contributed by atoms with Crippen LogP contribution in [0.3, 0.4) is 0 Å². The molecular weight excluding hydrogens is 547 g/mol. The number of amides is 3. The fourth-order valence-corrected chi connectivity index (χ4v) is 5.04. The van der Waals surface area contributed by atoms with Crippen LogP contribution >= 0.6 is 12.6 Å². The van der Waals surface area contributed by atoms with Gasteiger partial charge in [0.25, 0.3) is 0 Å². The first-order valence-corrected chi connectivity index (χ1v) is 14.6. The van der Waals surface area contributed by atoms with Crippen molar-refractivity contribution in [3.8, 4) is 0 Å². The summed E-state index contributed by atoms with van der Waals surface area (Å²) in [7, 11) is 0. The summed E-state index contributed by atoms with van der Waals surface area (Å²) in [5.41, 5.74) is 8.01. The van der Waals surface area contributed by atoms with E-state index in [0.29, 0.717) is 69.2 Å². The Morgan fingerprint density at radius 3 is 2.54 bits per heavy atom. The highest BCUT2D eigenvalue weighted by Gasteiger charge is 2.33. The minimum Gasteiger partial charge on any atom is -0.443 e. The Morgan fingerprint density at radius 1 is 1.15 bits per heavy atom. The SMILES string of the molecule is CCC(S)NCC1CN(c2ccc(N3CCN(C(=O)CCCc4ccc(NC(=O)CN)cc4)CC3)c(F)c2)C(=O)O1. The molecule has 0 aliphatic carbocycles. The number of nitrogens with zero attached hydrogens (tertiary/aromatic N) is 3. The van der Waals surface area contributed by atoms with E-state index < -0.39 is 11.9 Å². The van der Waals surface area contributed by atoms with Crippen LogP contribution in [0.1, 0.15) is 31.7 Å². The van der Waals surface area contributed by atoms with Gasteiger partial charge in [-0.25, -0.2) is 9.18 Å². The highest BCUT2D eigenvalue weighted by atomic mass is 32.1. The zero-order chi connectivity index (χ0) is 29.4. The Kier molecular flexibility index (Phi) is 10.8. The number of rotatable bonds is 12. The van der Waals surface area contributed by atoms with Crippen molar-refractivity contribution >= 4 is 47.6 Å². The molecule has 2 atom stereocenters. The monoisotopic (exact) mass is 586 g/mol. The third-order valence-electron chi connectivity index (χ3n) is 7.34. The molecule has 2 aliphatic heterocycles. The third kappa shape index (κ3) is 8.34. The maximum Gasteiger partial charge on any atom is 0.414 e. The van der Waals surface area contributed by atoms with E-state index >= 15 is 4.39 Å². The summed E-state index contributed by atoms with van der Waals surface area (Å²) in [6.45, 7) is 4.87. The Bertz CT molecular complexity index is 1210. The van der Waals surface area contributed by atoms with Crippen molar-refractivity contribution in [1.82, 2.24) is 10.2 Å². The minimum absolute atomic E-state index is 0.0259. The van der Waals surface area contributed by atoms with Crippen molar-refractivity contribution in [1.29, 1.82) is 0 Å². The fourth-order valence-electron chi connectivity index (χ4n) is 4.94. The van der Waals surface area contributed by atoms with Gasteiger partial charge in [0.15, 0.2) is 0 Å². The topological polar surface area (TPSA) is 120 Å². The molecule has 4 rings (SSSR count). The van der Waals surface area contributed by atoms with Crippen molar-refractivity contribution in [2.45, 2.75) is 44.1 Å². The fraction of sp³-hybridized carbons (Fsp3) is 0.483. The van der Waals surface area contributed by atoms with Crippen LogP contribution in [0.2, 0.25) is 0 Å². The van der Waals surface area contributed by atoms with Gasteiger partial charge in [-0.3, -0.25) is 14.5 Å². The molecule has 12 heteroatoms. The van der Waals surface area contributed by atoms with Gasteiger partial charge in [0, 0.05) is 44.8 Å². The van der Waals surface area contributed by atoms with Gasteiger partial charge < -0.3 is 30.9 Å². The largest absolute Gasteiger partial charge is 0.443 e. The van der Waals surface area contributed by atoms with E-state index in [1.165, 1.54) is 11.0 Å². The van der Waals surface area contributed by atoms with Crippen molar-refractivity contribution < 1.29 is 23.5 Å². The number of piperazine rings is 1. The highest BCUT2D eigenvalue weighted by molar-refractivity contribution is 7.80. The van der Waals surface area contributed by atoms with Gasteiger partial charge in [-0.1, -0.05) is 19.1 Å². The zero-order valence-electron chi connectivity index (χ0n) is 23.4. The average Bonchev–Trinajstić information content (AvgIpc) is 3.36. The van der Waals surface area contributed by atoms with Gasteiger partial charge in [0.1, 0.15) is 11.9 Å². The first-order chi connectivity index (χ1) is 19.8. The predicted molar refractivity (Wildman–Crippen MR) is 161 cm³/mol. The van der Waals surface area contributed by atoms with Gasteiger partial charge in [-0.15, -0.1) is 0 Å². The Labute approximate surface area is 245 Å². The number of hydrogen-bond donors (Lipinski definition) is 4. The number of thiol groups is 1. The van der Waals surface area contributed by atoms with Crippen LogP contribution in [0.4, 0.5) is 26.2 Å². The predicted octanol–water partition coefficient (Wildman–Crippen LogP) is 2.98. The standard InChI is InChI=1S/C29H39FN6O4S/c1-2-27(41)32-18-23-19-36(29(39)40-23)22-10-11-25(24(30)16-22)34-12-14-35(15-13-34)28(38)5-3-4-20-6-8-21(9-7-20)33-26(37)17-31/h6-11,16,23,27,32,41H,2-5,12-15,17-19,31H2,1H3,(H,33,37). The molecule has 2 heterocycles. The molecule has 2 aliphatic rings. The molecule has 3 amide bonds. The van der Waals surface area contributed by atoms with Crippen LogP contribution in [-0.4, -0.2) is 80.1 Å². The van der Waals surface area contributed by atoms with E-state index in [4.69, 9.17) is 10.5 Å². The van der Waals surface area contributed by atoms with Gasteiger partial charge in [0.05, 0.1) is 29.8 Å². The molecule has 0 spiro atoms. The maximum atomic E-state index is 15.2. The van der Waals surface area contributed by atoms with Crippen LogP contribution in [0.25, 0.3) is 0 Å². The van der Waals surface area contributed by atoms with E-state index in [1.54, 1.807) is 12.1 Å². The number of nitrogens with one attached hydrogen (secondary N) is 2. The van der Waals surface area contributed by atoms with Crippen molar-refractivity contribution in [2.75, 3.05) is 60.9 Å². The number of benzene rings is 2. The first-order valence-electron chi connectivity index (χ1n) is 14.1. The van der Waals surface area contributed by atoms with Gasteiger partial charge >= 0.3 is 6.09 Å². The summed E-state index contributed by atoms with van der Waals surface area (Å²) in [5, 5.41) is 5.94. The lowest BCUT2D eigenvalue weighted by Crippen LogP contribution is -2.49. The van der Waals surface area contributed by atoms with Crippen molar-refractivity contribution in [3.63, 3.8) is 0 Å². The molecule has 0 bridgehead atoms. The molecule has 222 valence electrons. The van der Waals surface area contributed by atoms with Gasteiger partial charge in [0.2, 0.25) is 11.8 Å². The summed E-state index contributed by atoms with van der Waals surface area (Å²) < 4.78 is 20.6. The lowest BCUT2D eigenvalue weighted by atomic mass is 10.1. The number of nitrogens with two attached hydrogens (primary N) is 1. The number of aryl methyl sites for hydroxylation is 1. The second kappa shape index (κ2) is 14.5. The van der Waals surface area contributed by atoms with Crippen molar-refractivity contribution in [3.05, 3.63) is 53.8 Å². The highest BCUT2D eigenvalue weighted by Crippen LogP contribution is 2.28. The molecule has 2 fully saturated rings. The number of hydrogen-bond acceptors (Lipinski definition) is 8. The summed E-state index contributed by atoms with van der Waals surface area (Å²) in [6, 6.07) is 12.3. The van der Waals surface area contributed by atoms with Crippen LogP contribution in [0, 0.1) is 5.82 Å². The Hall–Kier alpha value is -3.35. The van der Waals surface area contributed by atoms with Crippen LogP contribution in [-0.2, 0) is 20.7 Å². The number of anilines is 3. The number of carbonyl (C=O) groups is 3. The lowest BCUT2D eigenvalue weighted by Gasteiger charge is -2.36. The summed E-state index contributed by atoms with van der Waals surface area (Å²) in [5.74, 6) is -0.563. The molecule has 10 nitrogen and oxygen atoms in total. The van der Waals surface area contributed by atoms with E-state index in [0.717, 1.165) is 18.4 Å². The van der Waals surface area contributed by atoms with E-state index in [2.05, 4.69) is 23.3 Å². The van der Waals surface area contributed by atoms with E-state index in [9.17, 15) is 14.4 Å². The molecule has 2 unspecified atom stereocenters. The van der Waals surface area contributed by atoms with Gasteiger partial charge in [-0.2, -0.15) is 12.6 Å². The van der Waals surface area contributed by atoms with Crippen LogP contribution < -0.4 is 26.2 Å². The molecule has 0 radical (unpaired) electrons. The minimum atomic E-state index is -0.490. The second-order valence-electron chi connectivity index (χ2n) is 10.3. The maximum absolute atomic E-state index is 15.2. The third-order valence-corrected chi connectivity index (χ3v) is 7.88. The molecule has 2 aromatic rings. The number of cyclic esters (lactones) is 1. The molecule has 0 saturated carbocycles. The number of carbonyl (C=O) groups excluding carboxylic acids is 3. The Morgan fingerprint density at radius 2 is 1.88 bits per heavy atom. The molecule has 2 aromatic carbocycles. The van der Waals surface area contributed by atoms with Crippen LogP contribution in [0.5, 0.6) is 0 Å². The molecule has 41 heavy (non-hydrogen) atoms. The van der Waals surface area contributed by atoms with E-state index in [1.807, 2.05) is 41.0 Å². The van der Waals surface area contributed by atoms with Gasteiger partial charge in [-0.05, 0) is 55.2 Å². The number of halogens is 1.